The van der Waals surface area contributed by atoms with Crippen molar-refractivity contribution in [2.24, 2.45) is 5.41 Å². The van der Waals surface area contributed by atoms with Crippen molar-refractivity contribution in [1.82, 2.24) is 4.90 Å². The van der Waals surface area contributed by atoms with E-state index in [0.717, 1.165) is 0 Å². The lowest BCUT2D eigenvalue weighted by atomic mass is 9.79. The number of nitrogens with zero attached hydrogens (tertiary/aromatic N) is 1. The average molecular weight is 259 g/mol. The largest absolute Gasteiger partial charge is 0.444 e. The number of hydrogen-bond donors (Lipinski definition) is 1. The Morgan fingerprint density at radius 3 is 2.56 bits per heavy atom. The molecule has 1 aliphatic heterocycles. The van der Waals surface area contributed by atoms with E-state index in [4.69, 9.17) is 9.47 Å². The quantitative estimate of drug-likeness (QED) is 0.819. The van der Waals surface area contributed by atoms with Crippen LogP contribution in [0.5, 0.6) is 0 Å². The minimum atomic E-state index is -0.585. The minimum Gasteiger partial charge on any atom is -0.444 e. The third-order valence-corrected chi connectivity index (χ3v) is 3.28. The zero-order chi connectivity index (χ0) is 14.0. The number of ether oxygens (including phenoxy) is 2. The first-order chi connectivity index (χ1) is 8.18. The van der Waals surface area contributed by atoms with Crippen molar-refractivity contribution in [3.8, 4) is 0 Å². The SMILES string of the molecule is COCC1(C)CCN(C(=O)OC(C)(C)C)CC1O. The number of hydrogen-bond acceptors (Lipinski definition) is 4. The van der Waals surface area contributed by atoms with Gasteiger partial charge in [0.15, 0.2) is 0 Å². The highest BCUT2D eigenvalue weighted by molar-refractivity contribution is 5.68. The maximum Gasteiger partial charge on any atom is 0.410 e. The van der Waals surface area contributed by atoms with Gasteiger partial charge in [0.1, 0.15) is 5.60 Å². The van der Waals surface area contributed by atoms with Crippen LogP contribution in [0.15, 0.2) is 0 Å². The number of aliphatic hydroxyl groups is 1. The second-order valence-corrected chi connectivity index (χ2v) is 6.28. The molecule has 5 nitrogen and oxygen atoms in total. The van der Waals surface area contributed by atoms with Crippen LogP contribution in [-0.4, -0.2) is 54.6 Å². The molecule has 0 bridgehead atoms. The van der Waals surface area contributed by atoms with Gasteiger partial charge < -0.3 is 19.5 Å². The summed E-state index contributed by atoms with van der Waals surface area (Å²) in [6.45, 7) is 8.87. The van der Waals surface area contributed by atoms with Crippen molar-refractivity contribution in [1.29, 1.82) is 0 Å². The summed E-state index contributed by atoms with van der Waals surface area (Å²) in [6, 6.07) is 0. The molecule has 1 N–H and O–H groups in total. The van der Waals surface area contributed by atoms with Crippen LogP contribution in [-0.2, 0) is 9.47 Å². The predicted octanol–water partition coefficient (Wildman–Crippen LogP) is 1.64. The summed E-state index contributed by atoms with van der Waals surface area (Å²) in [4.78, 5) is 13.5. The van der Waals surface area contributed by atoms with Gasteiger partial charge in [0.25, 0.3) is 0 Å². The van der Waals surface area contributed by atoms with Crippen LogP contribution in [0.4, 0.5) is 4.79 Å². The van der Waals surface area contributed by atoms with Gasteiger partial charge in [-0.05, 0) is 27.2 Å². The van der Waals surface area contributed by atoms with E-state index in [2.05, 4.69) is 0 Å². The lowest BCUT2D eigenvalue weighted by Crippen LogP contribution is -2.53. The van der Waals surface area contributed by atoms with E-state index < -0.39 is 11.7 Å². The molecule has 1 rings (SSSR count). The summed E-state index contributed by atoms with van der Waals surface area (Å²) in [5, 5.41) is 10.1. The highest BCUT2D eigenvalue weighted by Gasteiger charge is 2.40. The van der Waals surface area contributed by atoms with Crippen LogP contribution in [0, 0.1) is 5.41 Å². The van der Waals surface area contributed by atoms with E-state index in [0.29, 0.717) is 26.1 Å². The van der Waals surface area contributed by atoms with Gasteiger partial charge in [-0.1, -0.05) is 6.92 Å². The molecule has 0 aliphatic carbocycles. The summed E-state index contributed by atoms with van der Waals surface area (Å²) in [7, 11) is 1.62. The lowest BCUT2D eigenvalue weighted by Gasteiger charge is -2.43. The van der Waals surface area contributed by atoms with E-state index in [-0.39, 0.29) is 11.5 Å². The van der Waals surface area contributed by atoms with Crippen molar-refractivity contribution in [3.05, 3.63) is 0 Å². The van der Waals surface area contributed by atoms with Gasteiger partial charge in [0.05, 0.1) is 19.3 Å². The van der Waals surface area contributed by atoms with Gasteiger partial charge in [-0.25, -0.2) is 4.79 Å². The van der Waals surface area contributed by atoms with E-state index in [1.165, 1.54) is 0 Å². The summed E-state index contributed by atoms with van der Waals surface area (Å²) >= 11 is 0. The van der Waals surface area contributed by atoms with Crippen LogP contribution < -0.4 is 0 Å². The molecule has 1 heterocycles. The number of methoxy groups -OCH3 is 1. The molecule has 0 spiro atoms. The number of carbonyl (C=O) groups excluding carboxylic acids is 1. The Morgan fingerprint density at radius 2 is 2.11 bits per heavy atom. The molecular formula is C13H25NO4. The molecule has 1 aliphatic rings. The maximum atomic E-state index is 11.9. The number of β-amino-alcohol motifs (C(OH)–C–C–N with tert-alkyl or cyclic N) is 1. The Morgan fingerprint density at radius 1 is 1.50 bits per heavy atom. The second-order valence-electron chi connectivity index (χ2n) is 6.28. The number of likely N-dealkylation sites (tertiary alicyclic amines) is 1. The molecular weight excluding hydrogens is 234 g/mol. The first kappa shape index (κ1) is 15.2. The Balaban J connectivity index is 2.58. The molecule has 106 valence electrons. The fourth-order valence-corrected chi connectivity index (χ4v) is 2.07. The van der Waals surface area contributed by atoms with Gasteiger partial charge in [-0.2, -0.15) is 0 Å². The highest BCUT2D eigenvalue weighted by Crippen LogP contribution is 2.32. The van der Waals surface area contributed by atoms with Crippen molar-refractivity contribution in [2.45, 2.75) is 45.8 Å². The third kappa shape index (κ3) is 3.85. The summed E-state index contributed by atoms with van der Waals surface area (Å²) in [5.41, 5.74) is -0.789. The Kier molecular flexibility index (Phi) is 4.61. The first-order valence-electron chi connectivity index (χ1n) is 6.33. The molecule has 0 saturated carbocycles. The molecule has 0 radical (unpaired) electrons. The topological polar surface area (TPSA) is 59.0 Å². The average Bonchev–Trinajstić information content (AvgIpc) is 2.20. The fourth-order valence-electron chi connectivity index (χ4n) is 2.07. The highest BCUT2D eigenvalue weighted by atomic mass is 16.6. The summed E-state index contributed by atoms with van der Waals surface area (Å²) in [6.07, 6.45) is -0.235. The zero-order valence-electron chi connectivity index (χ0n) is 12.0. The van der Waals surface area contributed by atoms with Gasteiger partial charge >= 0.3 is 6.09 Å². The number of rotatable bonds is 2. The number of piperidine rings is 1. The fraction of sp³-hybridized carbons (Fsp3) is 0.923. The van der Waals surface area contributed by atoms with E-state index in [1.54, 1.807) is 12.0 Å². The third-order valence-electron chi connectivity index (χ3n) is 3.28. The van der Waals surface area contributed by atoms with Crippen molar-refractivity contribution in [2.75, 3.05) is 26.8 Å². The Bertz CT molecular complexity index is 300. The Hall–Kier alpha value is -0.810. The lowest BCUT2D eigenvalue weighted by molar-refractivity contribution is -0.0744. The molecule has 2 unspecified atom stereocenters. The molecule has 2 atom stereocenters. The van der Waals surface area contributed by atoms with E-state index >= 15 is 0 Å². The molecule has 1 saturated heterocycles. The molecule has 1 amide bonds. The van der Waals surface area contributed by atoms with Gasteiger partial charge in [0.2, 0.25) is 0 Å². The zero-order valence-corrected chi connectivity index (χ0v) is 12.0. The standard InChI is InChI=1S/C13H25NO4/c1-12(2,3)18-11(16)14-7-6-13(4,9-17-5)10(15)8-14/h10,15H,6-9H2,1-5H3. The predicted molar refractivity (Wildman–Crippen MR) is 68.4 cm³/mol. The van der Waals surface area contributed by atoms with Gasteiger partial charge in [-0.15, -0.1) is 0 Å². The molecule has 0 aromatic rings. The smallest absolute Gasteiger partial charge is 0.410 e. The number of amides is 1. The summed E-state index contributed by atoms with van der Waals surface area (Å²) < 4.78 is 10.4. The normalized spacial score (nSPS) is 29.2. The van der Waals surface area contributed by atoms with Crippen molar-refractivity contribution >= 4 is 6.09 Å². The van der Waals surface area contributed by atoms with Crippen molar-refractivity contribution < 1.29 is 19.4 Å². The van der Waals surface area contributed by atoms with Crippen LogP contribution in [0.25, 0.3) is 0 Å². The number of carbonyl (C=O) groups is 1. The van der Waals surface area contributed by atoms with Crippen LogP contribution in [0.1, 0.15) is 34.1 Å². The molecule has 18 heavy (non-hydrogen) atoms. The maximum absolute atomic E-state index is 11.9. The molecule has 0 aromatic carbocycles. The first-order valence-corrected chi connectivity index (χ1v) is 6.33. The monoisotopic (exact) mass is 259 g/mol. The Labute approximate surface area is 109 Å². The number of aliphatic hydroxyl groups excluding tert-OH is 1. The van der Waals surface area contributed by atoms with Crippen LogP contribution in [0.3, 0.4) is 0 Å². The molecule has 0 aromatic heterocycles. The van der Waals surface area contributed by atoms with Crippen LogP contribution >= 0.6 is 0 Å². The minimum absolute atomic E-state index is 0.284. The second kappa shape index (κ2) is 5.45. The van der Waals surface area contributed by atoms with Gasteiger partial charge in [-0.3, -0.25) is 0 Å². The van der Waals surface area contributed by atoms with Crippen LogP contribution in [0.2, 0.25) is 0 Å². The van der Waals surface area contributed by atoms with Crippen molar-refractivity contribution in [3.63, 3.8) is 0 Å². The molecule has 5 heteroatoms. The van der Waals surface area contributed by atoms with E-state index in [9.17, 15) is 9.90 Å². The van der Waals surface area contributed by atoms with E-state index in [1.807, 2.05) is 27.7 Å². The van der Waals surface area contributed by atoms with Gasteiger partial charge in [0, 0.05) is 19.1 Å². The summed E-state index contributed by atoms with van der Waals surface area (Å²) in [5.74, 6) is 0. The molecule has 1 fully saturated rings.